The Labute approximate surface area is 112 Å². The molecule has 0 saturated carbocycles. The number of rotatable bonds is 2. The molecule has 0 aliphatic carbocycles. The number of hydrogen-bond acceptors (Lipinski definition) is 1. The number of benzene rings is 2. The van der Waals surface area contributed by atoms with Crippen molar-refractivity contribution in [2.75, 3.05) is 6.61 Å². The summed E-state index contributed by atoms with van der Waals surface area (Å²) in [4.78, 5) is 0. The minimum atomic E-state index is 0.0155. The van der Waals surface area contributed by atoms with E-state index in [0.29, 0.717) is 0 Å². The van der Waals surface area contributed by atoms with Crippen LogP contribution in [-0.4, -0.2) is 6.61 Å². The van der Waals surface area contributed by atoms with E-state index >= 15 is 0 Å². The lowest BCUT2D eigenvalue weighted by Crippen LogP contribution is -2.26. The van der Waals surface area contributed by atoms with Crippen LogP contribution in [0.25, 0.3) is 0 Å². The first kappa shape index (κ1) is 11.6. The van der Waals surface area contributed by atoms with Crippen molar-refractivity contribution in [2.24, 2.45) is 0 Å². The van der Waals surface area contributed by atoms with Crippen molar-refractivity contribution in [3.8, 4) is 5.75 Å². The highest BCUT2D eigenvalue weighted by molar-refractivity contribution is 6.30. The van der Waals surface area contributed by atoms with Crippen LogP contribution >= 0.6 is 11.6 Å². The lowest BCUT2D eigenvalue weighted by atomic mass is 9.79. The Hall–Kier alpha value is -1.47. The SMILES string of the molecule is C[C@@]1(Cc2ccccc2)COc2ccc(Cl)cc21. The topological polar surface area (TPSA) is 9.23 Å². The molecule has 0 saturated heterocycles. The highest BCUT2D eigenvalue weighted by Gasteiger charge is 2.36. The normalized spacial score (nSPS) is 21.4. The molecule has 0 unspecified atom stereocenters. The molecule has 0 radical (unpaired) electrons. The van der Waals surface area contributed by atoms with Gasteiger partial charge in [0.1, 0.15) is 5.75 Å². The van der Waals surface area contributed by atoms with Gasteiger partial charge in [-0.1, -0.05) is 48.9 Å². The third-order valence-electron chi connectivity index (χ3n) is 3.58. The second-order valence-corrected chi connectivity index (χ2v) is 5.59. The van der Waals surface area contributed by atoms with Gasteiger partial charge in [0.15, 0.2) is 0 Å². The van der Waals surface area contributed by atoms with E-state index < -0.39 is 0 Å². The van der Waals surface area contributed by atoms with Crippen LogP contribution in [0.5, 0.6) is 5.75 Å². The van der Waals surface area contributed by atoms with E-state index in [2.05, 4.69) is 31.2 Å². The van der Waals surface area contributed by atoms with Gasteiger partial charge in [0, 0.05) is 16.0 Å². The standard InChI is InChI=1S/C16H15ClO/c1-16(10-12-5-3-2-4-6-12)11-18-15-8-7-13(17)9-14(15)16/h2-9H,10-11H2,1H3/t16-/m1/s1. The second-order valence-electron chi connectivity index (χ2n) is 5.15. The summed E-state index contributed by atoms with van der Waals surface area (Å²) < 4.78 is 5.78. The smallest absolute Gasteiger partial charge is 0.123 e. The molecule has 1 heterocycles. The maximum absolute atomic E-state index is 6.10. The van der Waals surface area contributed by atoms with Crippen molar-refractivity contribution in [1.29, 1.82) is 0 Å². The Morgan fingerprint density at radius 2 is 1.94 bits per heavy atom. The first-order valence-electron chi connectivity index (χ1n) is 6.14. The van der Waals surface area contributed by atoms with Crippen LogP contribution in [0.2, 0.25) is 5.02 Å². The zero-order valence-electron chi connectivity index (χ0n) is 10.3. The van der Waals surface area contributed by atoms with Crippen molar-refractivity contribution in [2.45, 2.75) is 18.8 Å². The lowest BCUT2D eigenvalue weighted by molar-refractivity contribution is 0.277. The molecule has 0 N–H and O–H groups in total. The molecule has 1 nitrogen and oxygen atoms in total. The first-order chi connectivity index (χ1) is 8.67. The second kappa shape index (κ2) is 4.33. The molecular formula is C16H15ClO. The Balaban J connectivity index is 1.96. The van der Waals surface area contributed by atoms with Crippen molar-refractivity contribution in [1.82, 2.24) is 0 Å². The Bertz CT molecular complexity index is 565. The minimum Gasteiger partial charge on any atom is -0.492 e. The molecule has 92 valence electrons. The van der Waals surface area contributed by atoms with Crippen LogP contribution in [-0.2, 0) is 11.8 Å². The van der Waals surface area contributed by atoms with Crippen LogP contribution in [0.1, 0.15) is 18.1 Å². The Kier molecular flexibility index (Phi) is 2.79. The zero-order valence-corrected chi connectivity index (χ0v) is 11.1. The monoisotopic (exact) mass is 258 g/mol. The molecule has 2 aromatic carbocycles. The summed E-state index contributed by atoms with van der Waals surface area (Å²) in [5.74, 6) is 0.970. The lowest BCUT2D eigenvalue weighted by Gasteiger charge is -2.22. The molecule has 18 heavy (non-hydrogen) atoms. The van der Waals surface area contributed by atoms with Gasteiger partial charge in [-0.25, -0.2) is 0 Å². The summed E-state index contributed by atoms with van der Waals surface area (Å²) in [5.41, 5.74) is 2.57. The van der Waals surface area contributed by atoms with Gasteiger partial charge in [0.05, 0.1) is 6.61 Å². The van der Waals surface area contributed by atoms with E-state index in [1.807, 2.05) is 24.3 Å². The number of halogens is 1. The summed E-state index contributed by atoms with van der Waals surface area (Å²) in [5, 5.41) is 0.776. The molecule has 1 aliphatic heterocycles. The molecule has 0 fully saturated rings. The van der Waals surface area contributed by atoms with E-state index in [-0.39, 0.29) is 5.41 Å². The van der Waals surface area contributed by atoms with Crippen molar-refractivity contribution < 1.29 is 4.74 Å². The maximum Gasteiger partial charge on any atom is 0.123 e. The van der Waals surface area contributed by atoms with Crippen molar-refractivity contribution in [3.05, 3.63) is 64.7 Å². The van der Waals surface area contributed by atoms with E-state index in [1.54, 1.807) is 0 Å². The Morgan fingerprint density at radius 3 is 2.72 bits per heavy atom. The molecule has 0 bridgehead atoms. The van der Waals surface area contributed by atoms with E-state index in [4.69, 9.17) is 16.3 Å². The van der Waals surface area contributed by atoms with Gasteiger partial charge in [0.2, 0.25) is 0 Å². The highest BCUT2D eigenvalue weighted by atomic mass is 35.5. The van der Waals surface area contributed by atoms with Crippen LogP contribution in [0, 0.1) is 0 Å². The number of fused-ring (bicyclic) bond motifs is 1. The largest absolute Gasteiger partial charge is 0.492 e. The molecule has 0 aromatic heterocycles. The first-order valence-corrected chi connectivity index (χ1v) is 6.52. The van der Waals surface area contributed by atoms with Gasteiger partial charge < -0.3 is 4.74 Å². The molecule has 1 atom stereocenters. The van der Waals surface area contributed by atoms with Crippen molar-refractivity contribution >= 4 is 11.6 Å². The highest BCUT2D eigenvalue weighted by Crippen LogP contribution is 2.41. The molecule has 2 heteroatoms. The number of hydrogen-bond donors (Lipinski definition) is 0. The summed E-state index contributed by atoms with van der Waals surface area (Å²) in [7, 11) is 0. The van der Waals surface area contributed by atoms with Gasteiger partial charge in [-0.05, 0) is 30.2 Å². The maximum atomic E-state index is 6.10. The van der Waals surface area contributed by atoms with E-state index in [0.717, 1.165) is 23.8 Å². The van der Waals surface area contributed by atoms with Crippen LogP contribution in [0.4, 0.5) is 0 Å². The van der Waals surface area contributed by atoms with Crippen LogP contribution in [0.3, 0.4) is 0 Å². The van der Waals surface area contributed by atoms with E-state index in [1.165, 1.54) is 11.1 Å². The van der Waals surface area contributed by atoms with Gasteiger partial charge in [-0.3, -0.25) is 0 Å². The van der Waals surface area contributed by atoms with E-state index in [9.17, 15) is 0 Å². The minimum absolute atomic E-state index is 0.0155. The molecular weight excluding hydrogens is 244 g/mol. The molecule has 3 rings (SSSR count). The van der Waals surface area contributed by atoms with Crippen LogP contribution in [0.15, 0.2) is 48.5 Å². The fraction of sp³-hybridized carbons (Fsp3) is 0.250. The fourth-order valence-corrected chi connectivity index (χ4v) is 2.78. The average Bonchev–Trinajstić information content (AvgIpc) is 2.68. The molecule has 2 aromatic rings. The summed E-state index contributed by atoms with van der Waals surface area (Å²) in [6, 6.07) is 16.4. The predicted molar refractivity (Wildman–Crippen MR) is 74.4 cm³/mol. The van der Waals surface area contributed by atoms with Gasteiger partial charge >= 0.3 is 0 Å². The number of ether oxygens (including phenoxy) is 1. The zero-order chi connectivity index (χ0) is 12.6. The van der Waals surface area contributed by atoms with Crippen molar-refractivity contribution in [3.63, 3.8) is 0 Å². The van der Waals surface area contributed by atoms with Gasteiger partial charge in [-0.15, -0.1) is 0 Å². The molecule has 1 aliphatic rings. The quantitative estimate of drug-likeness (QED) is 0.783. The summed E-state index contributed by atoms with van der Waals surface area (Å²) in [6.45, 7) is 2.96. The molecule has 0 amide bonds. The third kappa shape index (κ3) is 1.99. The summed E-state index contributed by atoms with van der Waals surface area (Å²) >= 11 is 6.10. The predicted octanol–water partition coefficient (Wildman–Crippen LogP) is 4.23. The third-order valence-corrected chi connectivity index (χ3v) is 3.81. The van der Waals surface area contributed by atoms with Gasteiger partial charge in [-0.2, -0.15) is 0 Å². The van der Waals surface area contributed by atoms with Crippen LogP contribution < -0.4 is 4.74 Å². The fourth-order valence-electron chi connectivity index (χ4n) is 2.61. The summed E-state index contributed by atoms with van der Waals surface area (Å²) in [6.07, 6.45) is 0.973. The van der Waals surface area contributed by atoms with Gasteiger partial charge in [0.25, 0.3) is 0 Å². The molecule has 0 spiro atoms. The Morgan fingerprint density at radius 1 is 1.17 bits per heavy atom. The average molecular weight is 259 g/mol.